The zero-order chi connectivity index (χ0) is 10.6. The molecule has 1 atom stereocenters. The first-order valence-corrected chi connectivity index (χ1v) is 4.60. The highest BCUT2D eigenvalue weighted by molar-refractivity contribution is 5.66. The average molecular weight is 198 g/mol. The number of tetrazole rings is 1. The van der Waals surface area contributed by atoms with Gasteiger partial charge in [0, 0.05) is 6.42 Å². The summed E-state index contributed by atoms with van der Waals surface area (Å²) in [5.41, 5.74) is 0. The van der Waals surface area contributed by atoms with Crippen molar-refractivity contribution in [3.8, 4) is 0 Å². The summed E-state index contributed by atoms with van der Waals surface area (Å²) < 4.78 is 1.33. The Balaban J connectivity index is 2.67. The number of aromatic nitrogens is 4. The quantitative estimate of drug-likeness (QED) is 0.738. The van der Waals surface area contributed by atoms with E-state index in [-0.39, 0.29) is 6.54 Å². The molecule has 0 aliphatic rings. The van der Waals surface area contributed by atoms with E-state index in [4.69, 9.17) is 5.11 Å². The van der Waals surface area contributed by atoms with Gasteiger partial charge in [-0.25, -0.2) is 4.68 Å². The Kier molecular flexibility index (Phi) is 3.55. The van der Waals surface area contributed by atoms with Gasteiger partial charge in [0.15, 0.2) is 5.82 Å². The summed E-state index contributed by atoms with van der Waals surface area (Å²) in [5, 5.41) is 19.5. The minimum atomic E-state index is -0.928. The maximum absolute atomic E-state index is 10.5. The van der Waals surface area contributed by atoms with Gasteiger partial charge >= 0.3 is 5.97 Å². The Morgan fingerprint density at radius 3 is 2.93 bits per heavy atom. The van der Waals surface area contributed by atoms with Crippen molar-refractivity contribution in [2.45, 2.75) is 33.2 Å². The van der Waals surface area contributed by atoms with Crippen molar-refractivity contribution in [1.82, 2.24) is 20.2 Å². The Morgan fingerprint density at radius 2 is 2.36 bits per heavy atom. The summed E-state index contributed by atoms with van der Waals surface area (Å²) in [6, 6.07) is 0. The van der Waals surface area contributed by atoms with Crippen molar-refractivity contribution >= 4 is 5.97 Å². The molecule has 6 nitrogen and oxygen atoms in total. The molecule has 1 unspecified atom stereocenters. The fraction of sp³-hybridized carbons (Fsp3) is 0.750. The highest BCUT2D eigenvalue weighted by atomic mass is 16.4. The Hall–Kier alpha value is -1.46. The van der Waals surface area contributed by atoms with E-state index in [1.807, 2.05) is 0 Å². The van der Waals surface area contributed by atoms with Crippen LogP contribution in [0.25, 0.3) is 0 Å². The Labute approximate surface area is 81.9 Å². The lowest BCUT2D eigenvalue weighted by molar-refractivity contribution is -0.138. The van der Waals surface area contributed by atoms with Crippen LogP contribution in [0.3, 0.4) is 0 Å². The molecule has 78 valence electrons. The summed E-state index contributed by atoms with van der Waals surface area (Å²) in [5.74, 6) is 0.179. The molecule has 0 radical (unpaired) electrons. The van der Waals surface area contributed by atoms with Crippen LogP contribution < -0.4 is 0 Å². The maximum Gasteiger partial charge on any atom is 0.325 e. The van der Waals surface area contributed by atoms with E-state index in [1.165, 1.54) is 4.68 Å². The lowest BCUT2D eigenvalue weighted by Crippen LogP contribution is -2.15. The number of nitrogens with zero attached hydrogens (tertiary/aromatic N) is 4. The van der Waals surface area contributed by atoms with Gasteiger partial charge in [-0.1, -0.05) is 20.3 Å². The van der Waals surface area contributed by atoms with Gasteiger partial charge in [-0.05, 0) is 16.3 Å². The van der Waals surface area contributed by atoms with Crippen LogP contribution in [0.15, 0.2) is 0 Å². The second kappa shape index (κ2) is 4.69. The highest BCUT2D eigenvalue weighted by Gasteiger charge is 2.11. The molecule has 1 rings (SSSR count). The molecule has 0 bridgehead atoms. The number of carboxylic acid groups (broad SMARTS) is 1. The van der Waals surface area contributed by atoms with Crippen molar-refractivity contribution in [1.29, 1.82) is 0 Å². The Morgan fingerprint density at radius 1 is 1.64 bits per heavy atom. The first kappa shape index (κ1) is 10.6. The van der Waals surface area contributed by atoms with Crippen molar-refractivity contribution in [3.05, 3.63) is 5.82 Å². The molecule has 14 heavy (non-hydrogen) atoms. The standard InChI is InChI=1S/C8H14N4O2/c1-3-6(2)4-7-9-10-11-12(7)5-8(13)14/h6H,3-5H2,1-2H3,(H,13,14). The van der Waals surface area contributed by atoms with Crippen LogP contribution in [0.2, 0.25) is 0 Å². The van der Waals surface area contributed by atoms with Gasteiger partial charge < -0.3 is 5.11 Å². The third-order valence-corrected chi connectivity index (χ3v) is 2.12. The Bertz CT molecular complexity index is 310. The van der Waals surface area contributed by atoms with E-state index in [2.05, 4.69) is 29.4 Å². The van der Waals surface area contributed by atoms with Crippen molar-refractivity contribution in [3.63, 3.8) is 0 Å². The number of hydrogen-bond donors (Lipinski definition) is 1. The van der Waals surface area contributed by atoms with Gasteiger partial charge in [0.1, 0.15) is 6.54 Å². The molecule has 1 heterocycles. The van der Waals surface area contributed by atoms with E-state index < -0.39 is 5.97 Å². The van der Waals surface area contributed by atoms with Gasteiger partial charge in [-0.2, -0.15) is 0 Å². The number of hydrogen-bond acceptors (Lipinski definition) is 4. The van der Waals surface area contributed by atoms with E-state index in [0.717, 1.165) is 12.8 Å². The minimum absolute atomic E-state index is 0.168. The zero-order valence-electron chi connectivity index (χ0n) is 8.34. The number of aliphatic carboxylic acids is 1. The summed E-state index contributed by atoms with van der Waals surface area (Å²) in [6.07, 6.45) is 1.75. The molecular weight excluding hydrogens is 184 g/mol. The van der Waals surface area contributed by atoms with E-state index >= 15 is 0 Å². The van der Waals surface area contributed by atoms with E-state index in [0.29, 0.717) is 11.7 Å². The second-order valence-electron chi connectivity index (χ2n) is 3.36. The molecule has 1 N–H and O–H groups in total. The molecule has 0 aliphatic heterocycles. The smallest absolute Gasteiger partial charge is 0.325 e. The molecule has 1 aromatic rings. The molecule has 0 aromatic carbocycles. The van der Waals surface area contributed by atoms with Crippen LogP contribution >= 0.6 is 0 Å². The maximum atomic E-state index is 10.5. The van der Waals surface area contributed by atoms with E-state index in [9.17, 15) is 4.79 Å². The van der Waals surface area contributed by atoms with Gasteiger partial charge in [-0.3, -0.25) is 4.79 Å². The van der Waals surface area contributed by atoms with Crippen molar-refractivity contribution < 1.29 is 9.90 Å². The van der Waals surface area contributed by atoms with Gasteiger partial charge in [0.25, 0.3) is 0 Å². The molecule has 0 saturated carbocycles. The molecule has 0 amide bonds. The molecule has 6 heteroatoms. The fourth-order valence-corrected chi connectivity index (χ4v) is 1.08. The van der Waals surface area contributed by atoms with Crippen LogP contribution in [0.4, 0.5) is 0 Å². The third-order valence-electron chi connectivity index (χ3n) is 2.12. The van der Waals surface area contributed by atoms with Crippen LogP contribution in [-0.4, -0.2) is 31.3 Å². The predicted molar refractivity (Wildman–Crippen MR) is 48.6 cm³/mol. The highest BCUT2D eigenvalue weighted by Crippen LogP contribution is 2.07. The van der Waals surface area contributed by atoms with Gasteiger partial charge in [0.05, 0.1) is 0 Å². The van der Waals surface area contributed by atoms with Gasteiger partial charge in [-0.15, -0.1) is 5.10 Å². The van der Waals surface area contributed by atoms with Crippen LogP contribution in [-0.2, 0) is 17.8 Å². The zero-order valence-corrected chi connectivity index (χ0v) is 8.34. The van der Waals surface area contributed by atoms with Crippen molar-refractivity contribution in [2.24, 2.45) is 5.92 Å². The molecule has 0 fully saturated rings. The average Bonchev–Trinajstić information content (AvgIpc) is 2.52. The molecule has 0 aliphatic carbocycles. The van der Waals surface area contributed by atoms with E-state index in [1.54, 1.807) is 0 Å². The molecule has 0 saturated heterocycles. The molecule has 0 spiro atoms. The lowest BCUT2D eigenvalue weighted by Gasteiger charge is -2.06. The number of carbonyl (C=O) groups is 1. The third kappa shape index (κ3) is 2.79. The van der Waals surface area contributed by atoms with Crippen LogP contribution in [0.1, 0.15) is 26.1 Å². The normalized spacial score (nSPS) is 12.7. The first-order valence-electron chi connectivity index (χ1n) is 4.60. The van der Waals surface area contributed by atoms with Gasteiger partial charge in [0.2, 0.25) is 0 Å². The fourth-order valence-electron chi connectivity index (χ4n) is 1.08. The summed E-state index contributed by atoms with van der Waals surface area (Å²) in [7, 11) is 0. The van der Waals surface area contributed by atoms with Crippen LogP contribution in [0.5, 0.6) is 0 Å². The monoisotopic (exact) mass is 198 g/mol. The van der Waals surface area contributed by atoms with Crippen LogP contribution in [0, 0.1) is 5.92 Å². The number of carboxylic acids is 1. The topological polar surface area (TPSA) is 80.9 Å². The minimum Gasteiger partial charge on any atom is -0.480 e. The SMILES string of the molecule is CCC(C)Cc1nnnn1CC(=O)O. The predicted octanol–water partition coefficient (Wildman–Crippen LogP) is 0.346. The summed E-state index contributed by atoms with van der Waals surface area (Å²) in [4.78, 5) is 10.5. The molecule has 1 aromatic heterocycles. The first-order chi connectivity index (χ1) is 6.63. The lowest BCUT2D eigenvalue weighted by atomic mass is 10.1. The summed E-state index contributed by atoms with van der Waals surface area (Å²) >= 11 is 0. The second-order valence-corrected chi connectivity index (χ2v) is 3.36. The number of rotatable bonds is 5. The summed E-state index contributed by atoms with van der Waals surface area (Å²) in [6.45, 7) is 3.99. The largest absolute Gasteiger partial charge is 0.480 e. The molecular formula is C8H14N4O2. The van der Waals surface area contributed by atoms with Crippen molar-refractivity contribution in [2.75, 3.05) is 0 Å².